The lowest BCUT2D eigenvalue weighted by Gasteiger charge is -2.31. The van der Waals surface area contributed by atoms with Crippen molar-refractivity contribution < 1.29 is 23.4 Å². The summed E-state index contributed by atoms with van der Waals surface area (Å²) in [5, 5.41) is 23.7. The second kappa shape index (κ2) is 11.8. The van der Waals surface area contributed by atoms with Crippen molar-refractivity contribution in [3.8, 4) is 22.6 Å². The van der Waals surface area contributed by atoms with Gasteiger partial charge in [-0.05, 0) is 60.4 Å². The van der Waals surface area contributed by atoms with Crippen LogP contribution < -0.4 is 14.8 Å². The van der Waals surface area contributed by atoms with Gasteiger partial charge in [-0.25, -0.2) is 8.42 Å². The molecule has 0 radical (unpaired) electrons. The number of aromatic hydroxyl groups is 1. The number of nitrogens with one attached hydrogen (secondary N) is 2. The van der Waals surface area contributed by atoms with Crippen molar-refractivity contribution >= 4 is 15.7 Å². The van der Waals surface area contributed by atoms with Gasteiger partial charge < -0.3 is 20.3 Å². The Bertz CT molecular complexity index is 1240. The van der Waals surface area contributed by atoms with Crippen molar-refractivity contribution in [2.45, 2.75) is 43.7 Å². The van der Waals surface area contributed by atoms with Crippen LogP contribution in [0.2, 0.25) is 0 Å². The van der Waals surface area contributed by atoms with Crippen molar-refractivity contribution in [3.05, 3.63) is 78.4 Å². The van der Waals surface area contributed by atoms with Crippen LogP contribution in [0.25, 0.3) is 11.1 Å². The molecule has 0 amide bonds. The number of phenols is 1. The van der Waals surface area contributed by atoms with Gasteiger partial charge in [0.15, 0.2) is 0 Å². The summed E-state index contributed by atoms with van der Waals surface area (Å²) in [4.78, 5) is 0. The predicted molar refractivity (Wildman–Crippen MR) is 143 cm³/mol. The van der Waals surface area contributed by atoms with Gasteiger partial charge in [0, 0.05) is 18.7 Å². The van der Waals surface area contributed by atoms with Crippen LogP contribution in [0.5, 0.6) is 11.5 Å². The second-order valence-corrected chi connectivity index (χ2v) is 11.2. The highest BCUT2D eigenvalue weighted by molar-refractivity contribution is 7.92. The van der Waals surface area contributed by atoms with E-state index in [0.29, 0.717) is 24.3 Å². The van der Waals surface area contributed by atoms with E-state index in [1.165, 1.54) is 34.9 Å². The van der Waals surface area contributed by atoms with Crippen LogP contribution >= 0.6 is 0 Å². The Balaban J connectivity index is 1.24. The number of benzene rings is 3. The molecule has 1 aliphatic rings. The molecule has 0 heterocycles. The van der Waals surface area contributed by atoms with Crippen molar-refractivity contribution in [3.63, 3.8) is 0 Å². The molecule has 7 nitrogen and oxygen atoms in total. The highest BCUT2D eigenvalue weighted by Crippen LogP contribution is 2.38. The quantitative estimate of drug-likeness (QED) is 0.300. The molecule has 3 aromatic carbocycles. The molecule has 4 N–H and O–H groups in total. The molecule has 1 saturated carbocycles. The summed E-state index contributed by atoms with van der Waals surface area (Å²) in [5.41, 5.74) is 4.01. The van der Waals surface area contributed by atoms with Gasteiger partial charge in [0.05, 0.1) is 11.9 Å². The van der Waals surface area contributed by atoms with Gasteiger partial charge in [-0.15, -0.1) is 0 Å². The summed E-state index contributed by atoms with van der Waals surface area (Å²) in [5.74, 6) is 0.685. The first-order valence-corrected chi connectivity index (χ1v) is 14.2. The molecule has 1 aliphatic carbocycles. The predicted octanol–water partition coefficient (Wildman–Crippen LogP) is 4.49. The molecular weight excluding hydrogens is 476 g/mol. The summed E-state index contributed by atoms with van der Waals surface area (Å²) in [6.45, 7) is 0.457. The summed E-state index contributed by atoms with van der Waals surface area (Å²) >= 11 is 0. The number of aliphatic hydroxyl groups excluding tert-OH is 1. The first-order valence-electron chi connectivity index (χ1n) is 12.3. The fourth-order valence-corrected chi connectivity index (χ4v) is 5.35. The minimum atomic E-state index is -3.53. The zero-order valence-electron chi connectivity index (χ0n) is 20.4. The van der Waals surface area contributed by atoms with E-state index >= 15 is 0 Å². The lowest BCUT2D eigenvalue weighted by atomic mass is 9.79. The molecule has 1 atom stereocenters. The van der Waals surface area contributed by atoms with Crippen LogP contribution in [0.15, 0.2) is 72.8 Å². The molecule has 0 unspecified atom stereocenters. The van der Waals surface area contributed by atoms with Gasteiger partial charge in [-0.2, -0.15) is 0 Å². The highest BCUT2D eigenvalue weighted by Gasteiger charge is 2.24. The minimum absolute atomic E-state index is 0.0354. The molecule has 0 spiro atoms. The number of hydrogen-bond acceptors (Lipinski definition) is 6. The lowest BCUT2D eigenvalue weighted by Crippen LogP contribution is -2.39. The number of ether oxygens (including phenoxy) is 1. The third kappa shape index (κ3) is 7.22. The van der Waals surface area contributed by atoms with Gasteiger partial charge >= 0.3 is 0 Å². The number of anilines is 1. The van der Waals surface area contributed by atoms with Crippen molar-refractivity contribution in [1.82, 2.24) is 5.32 Å². The molecule has 0 saturated heterocycles. The van der Waals surface area contributed by atoms with Crippen LogP contribution in [0.3, 0.4) is 0 Å². The van der Waals surface area contributed by atoms with Crippen molar-refractivity contribution in [2.24, 2.45) is 0 Å². The van der Waals surface area contributed by atoms with E-state index in [1.807, 2.05) is 6.07 Å². The van der Waals surface area contributed by atoms with Crippen LogP contribution in [0, 0.1) is 0 Å². The molecule has 4 rings (SSSR count). The molecule has 3 aromatic rings. The first-order chi connectivity index (χ1) is 17.3. The number of aliphatic hydroxyl groups is 1. The lowest BCUT2D eigenvalue weighted by molar-refractivity contribution is 0.101. The zero-order valence-corrected chi connectivity index (χ0v) is 21.2. The average Bonchev–Trinajstić information content (AvgIpc) is 2.88. The first kappa shape index (κ1) is 26.0. The molecule has 8 heteroatoms. The molecule has 0 aromatic heterocycles. The Morgan fingerprint density at radius 2 is 1.67 bits per heavy atom. The number of sulfonamides is 1. The van der Waals surface area contributed by atoms with Crippen LogP contribution in [-0.4, -0.2) is 50.2 Å². The van der Waals surface area contributed by atoms with Crippen LogP contribution in [0.1, 0.15) is 37.2 Å². The third-order valence-electron chi connectivity index (χ3n) is 6.56. The van der Waals surface area contributed by atoms with Crippen molar-refractivity contribution in [2.75, 3.05) is 24.1 Å². The average molecular weight is 511 g/mol. The van der Waals surface area contributed by atoms with E-state index in [2.05, 4.69) is 58.6 Å². The van der Waals surface area contributed by atoms with E-state index in [1.54, 1.807) is 0 Å². The Morgan fingerprint density at radius 3 is 2.39 bits per heavy atom. The molecule has 0 bridgehead atoms. The SMILES string of the molecule is CS(=O)(=O)Nc1cc(OC[C@@H](O)CNC2CCC(c3ccccc3-c3ccccc3)CC2)ccc1O. The van der Waals surface area contributed by atoms with E-state index < -0.39 is 16.1 Å². The maximum absolute atomic E-state index is 11.4. The summed E-state index contributed by atoms with van der Waals surface area (Å²) in [7, 11) is -3.53. The normalized spacial score (nSPS) is 18.9. The molecule has 0 aliphatic heterocycles. The Kier molecular flexibility index (Phi) is 8.51. The fourth-order valence-electron chi connectivity index (χ4n) is 4.78. The van der Waals surface area contributed by atoms with E-state index in [4.69, 9.17) is 4.74 Å². The maximum atomic E-state index is 11.4. The Morgan fingerprint density at radius 1 is 0.972 bits per heavy atom. The summed E-state index contributed by atoms with van der Waals surface area (Å²) in [6.07, 6.45) is 4.56. The summed E-state index contributed by atoms with van der Waals surface area (Å²) < 4.78 is 30.7. The zero-order chi connectivity index (χ0) is 25.5. The van der Waals surface area contributed by atoms with Gasteiger partial charge in [0.1, 0.15) is 24.2 Å². The molecular formula is C28H34N2O5S. The largest absolute Gasteiger partial charge is 0.506 e. The highest BCUT2D eigenvalue weighted by atomic mass is 32.2. The van der Waals surface area contributed by atoms with E-state index in [-0.39, 0.29) is 18.0 Å². The summed E-state index contributed by atoms with van der Waals surface area (Å²) in [6, 6.07) is 23.8. The number of hydrogen-bond donors (Lipinski definition) is 4. The van der Waals surface area contributed by atoms with Crippen molar-refractivity contribution in [1.29, 1.82) is 0 Å². The van der Waals surface area contributed by atoms with E-state index in [0.717, 1.165) is 31.9 Å². The fraction of sp³-hybridized carbons (Fsp3) is 0.357. The smallest absolute Gasteiger partial charge is 0.229 e. The van der Waals surface area contributed by atoms with E-state index in [9.17, 15) is 18.6 Å². The second-order valence-electron chi connectivity index (χ2n) is 9.43. The molecule has 192 valence electrons. The van der Waals surface area contributed by atoms with Gasteiger partial charge in [0.25, 0.3) is 0 Å². The number of phenolic OH excluding ortho intramolecular Hbond substituents is 1. The standard InChI is InChI=1S/C28H34N2O5S/c1-36(33,34)30-27-17-24(15-16-28(27)32)35-19-23(31)18-29-22-13-11-21(12-14-22)26-10-6-5-9-25(26)20-7-3-2-4-8-20/h2-10,15-17,21-23,29-32H,11-14,18-19H2,1H3/t21?,22?,23-/m0/s1. The number of rotatable bonds is 10. The van der Waals surface area contributed by atoms with Crippen LogP contribution in [-0.2, 0) is 10.0 Å². The molecule has 36 heavy (non-hydrogen) atoms. The Labute approximate surface area is 213 Å². The maximum Gasteiger partial charge on any atom is 0.229 e. The van der Waals surface area contributed by atoms with Crippen LogP contribution in [0.4, 0.5) is 5.69 Å². The molecule has 1 fully saturated rings. The Hall–Kier alpha value is -3.07. The van der Waals surface area contributed by atoms with Gasteiger partial charge in [-0.1, -0.05) is 54.6 Å². The third-order valence-corrected chi connectivity index (χ3v) is 7.15. The topological polar surface area (TPSA) is 108 Å². The van der Waals surface area contributed by atoms with Gasteiger partial charge in [-0.3, -0.25) is 4.72 Å². The monoisotopic (exact) mass is 510 g/mol. The van der Waals surface area contributed by atoms with Gasteiger partial charge in [0.2, 0.25) is 10.0 Å². The minimum Gasteiger partial charge on any atom is -0.506 e.